The van der Waals surface area contributed by atoms with E-state index in [4.69, 9.17) is 11.6 Å². The topological polar surface area (TPSA) is 86.8 Å². The van der Waals surface area contributed by atoms with E-state index in [0.717, 1.165) is 27.3 Å². The number of sulfonamides is 1. The van der Waals surface area contributed by atoms with Gasteiger partial charge in [-0.1, -0.05) is 35.9 Å². The molecule has 2 amide bonds. The van der Waals surface area contributed by atoms with E-state index in [1.54, 1.807) is 37.3 Å². The SMILES string of the molecule is Cc1cccc(N2C(=O)CN(S(C)(=O)=O)C[C@@]2(C)C(=O)NCc2ccc(Cl)cc2)c1C. The van der Waals surface area contributed by atoms with E-state index in [-0.39, 0.29) is 19.6 Å². The molecule has 1 aliphatic heterocycles. The lowest BCUT2D eigenvalue weighted by molar-refractivity contribution is -0.133. The number of nitrogens with zero attached hydrogens (tertiary/aromatic N) is 2. The van der Waals surface area contributed by atoms with Gasteiger partial charge in [-0.25, -0.2) is 8.42 Å². The molecule has 9 heteroatoms. The molecule has 1 atom stereocenters. The third-order valence-corrected chi connectivity index (χ3v) is 7.13. The summed E-state index contributed by atoms with van der Waals surface area (Å²) in [6.07, 6.45) is 1.04. The van der Waals surface area contributed by atoms with Gasteiger partial charge in [0.05, 0.1) is 12.8 Å². The lowest BCUT2D eigenvalue weighted by atomic mass is 9.93. The molecule has 1 heterocycles. The number of anilines is 1. The van der Waals surface area contributed by atoms with Crippen molar-refractivity contribution < 1.29 is 18.0 Å². The second kappa shape index (κ2) is 8.61. The Balaban J connectivity index is 1.99. The summed E-state index contributed by atoms with van der Waals surface area (Å²) < 4.78 is 25.5. The molecule has 0 aliphatic carbocycles. The first-order valence-corrected chi connectivity index (χ1v) is 12.0. The van der Waals surface area contributed by atoms with Gasteiger partial charge in [-0.05, 0) is 55.7 Å². The molecular weight excluding hydrogens is 438 g/mol. The summed E-state index contributed by atoms with van der Waals surface area (Å²) in [7, 11) is -3.67. The minimum Gasteiger partial charge on any atom is -0.350 e. The highest BCUT2D eigenvalue weighted by atomic mass is 35.5. The first kappa shape index (κ1) is 23.2. The van der Waals surface area contributed by atoms with Crippen molar-refractivity contribution in [2.24, 2.45) is 0 Å². The molecule has 0 spiro atoms. The zero-order valence-electron chi connectivity index (χ0n) is 18.0. The van der Waals surface area contributed by atoms with Crippen LogP contribution in [-0.4, -0.2) is 49.4 Å². The average Bonchev–Trinajstić information content (AvgIpc) is 2.69. The molecular formula is C22H26ClN3O4S. The first-order chi connectivity index (χ1) is 14.4. The molecule has 0 saturated carbocycles. The minimum absolute atomic E-state index is 0.141. The molecule has 1 aliphatic rings. The van der Waals surface area contributed by atoms with E-state index in [2.05, 4.69) is 5.32 Å². The van der Waals surface area contributed by atoms with E-state index in [1.807, 2.05) is 26.0 Å². The Morgan fingerprint density at radius 2 is 1.81 bits per heavy atom. The van der Waals surface area contributed by atoms with Crippen molar-refractivity contribution in [1.29, 1.82) is 0 Å². The maximum absolute atomic E-state index is 13.4. The van der Waals surface area contributed by atoms with E-state index < -0.39 is 27.4 Å². The summed E-state index contributed by atoms with van der Waals surface area (Å²) in [5, 5.41) is 3.45. The zero-order valence-corrected chi connectivity index (χ0v) is 19.5. The molecule has 7 nitrogen and oxygen atoms in total. The Morgan fingerprint density at radius 1 is 1.16 bits per heavy atom. The van der Waals surface area contributed by atoms with Crippen LogP contribution in [0.4, 0.5) is 5.69 Å². The largest absolute Gasteiger partial charge is 0.350 e. The molecule has 1 fully saturated rings. The molecule has 3 rings (SSSR count). The number of hydrogen-bond acceptors (Lipinski definition) is 4. The van der Waals surface area contributed by atoms with Gasteiger partial charge < -0.3 is 5.32 Å². The summed E-state index contributed by atoms with van der Waals surface area (Å²) in [4.78, 5) is 28.0. The third-order valence-electron chi connectivity index (χ3n) is 5.68. The Kier molecular flexibility index (Phi) is 6.45. The van der Waals surface area contributed by atoms with Gasteiger partial charge in [-0.3, -0.25) is 14.5 Å². The normalized spacial score (nSPS) is 20.0. The van der Waals surface area contributed by atoms with Crippen molar-refractivity contribution in [2.75, 3.05) is 24.2 Å². The van der Waals surface area contributed by atoms with Gasteiger partial charge in [-0.2, -0.15) is 4.31 Å². The summed E-state index contributed by atoms with van der Waals surface area (Å²) in [5.41, 5.74) is 1.84. The molecule has 2 aromatic rings. The van der Waals surface area contributed by atoms with Crippen LogP contribution in [-0.2, 0) is 26.2 Å². The number of aryl methyl sites for hydroxylation is 1. The van der Waals surface area contributed by atoms with Crippen LogP contribution in [0.2, 0.25) is 5.02 Å². The summed E-state index contributed by atoms with van der Waals surface area (Å²) in [6.45, 7) is 5.17. The van der Waals surface area contributed by atoms with E-state index in [9.17, 15) is 18.0 Å². The van der Waals surface area contributed by atoms with Crippen molar-refractivity contribution in [2.45, 2.75) is 32.9 Å². The Bertz CT molecular complexity index is 1120. The number of piperazine rings is 1. The highest BCUT2D eigenvalue weighted by Crippen LogP contribution is 2.33. The monoisotopic (exact) mass is 463 g/mol. The number of halogens is 1. The predicted octanol–water partition coefficient (Wildman–Crippen LogP) is 2.64. The molecule has 2 aromatic carbocycles. The number of nitrogens with one attached hydrogen (secondary N) is 1. The summed E-state index contributed by atoms with van der Waals surface area (Å²) in [5.74, 6) is -0.889. The van der Waals surface area contributed by atoms with E-state index >= 15 is 0 Å². The van der Waals surface area contributed by atoms with Gasteiger partial charge >= 0.3 is 0 Å². The highest BCUT2D eigenvalue weighted by Gasteiger charge is 2.50. The lowest BCUT2D eigenvalue weighted by Gasteiger charge is -2.47. The van der Waals surface area contributed by atoms with Crippen molar-refractivity contribution in [3.05, 3.63) is 64.2 Å². The second-order valence-electron chi connectivity index (χ2n) is 8.06. The number of benzene rings is 2. The fraction of sp³-hybridized carbons (Fsp3) is 0.364. The smallest absolute Gasteiger partial charge is 0.247 e. The average molecular weight is 464 g/mol. The quantitative estimate of drug-likeness (QED) is 0.738. The minimum atomic E-state index is -3.67. The highest BCUT2D eigenvalue weighted by molar-refractivity contribution is 7.88. The van der Waals surface area contributed by atoms with Crippen molar-refractivity contribution in [3.8, 4) is 0 Å². The Labute approximate surface area is 188 Å². The van der Waals surface area contributed by atoms with Crippen LogP contribution < -0.4 is 10.2 Å². The number of rotatable bonds is 5. The van der Waals surface area contributed by atoms with Gasteiger partial charge in [0.1, 0.15) is 5.54 Å². The fourth-order valence-electron chi connectivity index (χ4n) is 3.73. The third kappa shape index (κ3) is 4.76. The van der Waals surface area contributed by atoms with Crippen LogP contribution in [0.25, 0.3) is 0 Å². The van der Waals surface area contributed by atoms with Crippen LogP contribution in [0.5, 0.6) is 0 Å². The van der Waals surface area contributed by atoms with Gasteiger partial charge in [-0.15, -0.1) is 0 Å². The molecule has 0 radical (unpaired) electrons. The predicted molar refractivity (Wildman–Crippen MR) is 122 cm³/mol. The van der Waals surface area contributed by atoms with Crippen LogP contribution >= 0.6 is 11.6 Å². The Hall–Kier alpha value is -2.42. The zero-order chi connectivity index (χ0) is 23.0. The molecule has 0 bridgehead atoms. The fourth-order valence-corrected chi connectivity index (χ4v) is 4.68. The van der Waals surface area contributed by atoms with Crippen LogP contribution in [0.3, 0.4) is 0 Å². The maximum Gasteiger partial charge on any atom is 0.247 e. The standard InChI is InChI=1S/C22H26ClN3O4S/c1-15-6-5-7-19(16(15)2)26-20(27)13-25(31(4,29)30)14-22(26,3)21(28)24-12-17-8-10-18(23)11-9-17/h5-11H,12-14H2,1-4H3,(H,24,28)/t22-/m0/s1. The van der Waals surface area contributed by atoms with Crippen LogP contribution in [0.15, 0.2) is 42.5 Å². The molecule has 31 heavy (non-hydrogen) atoms. The lowest BCUT2D eigenvalue weighted by Crippen LogP contribution is -2.70. The van der Waals surface area contributed by atoms with Crippen molar-refractivity contribution in [1.82, 2.24) is 9.62 Å². The summed E-state index contributed by atoms with van der Waals surface area (Å²) in [6, 6.07) is 12.6. The van der Waals surface area contributed by atoms with Gasteiger partial charge in [0, 0.05) is 23.8 Å². The van der Waals surface area contributed by atoms with Crippen LogP contribution in [0, 0.1) is 13.8 Å². The maximum atomic E-state index is 13.4. The molecule has 1 N–H and O–H groups in total. The van der Waals surface area contributed by atoms with Gasteiger partial charge in [0.25, 0.3) is 0 Å². The van der Waals surface area contributed by atoms with Crippen molar-refractivity contribution >= 4 is 39.1 Å². The number of hydrogen-bond donors (Lipinski definition) is 1. The molecule has 166 valence electrons. The Morgan fingerprint density at radius 3 is 2.42 bits per heavy atom. The first-order valence-electron chi connectivity index (χ1n) is 9.80. The van der Waals surface area contributed by atoms with Gasteiger partial charge in [0.15, 0.2) is 0 Å². The van der Waals surface area contributed by atoms with E-state index in [0.29, 0.717) is 10.7 Å². The number of amides is 2. The van der Waals surface area contributed by atoms with Crippen LogP contribution in [0.1, 0.15) is 23.6 Å². The summed E-state index contributed by atoms with van der Waals surface area (Å²) >= 11 is 5.91. The molecule has 1 saturated heterocycles. The number of carbonyl (C=O) groups is 2. The second-order valence-corrected chi connectivity index (χ2v) is 10.5. The molecule has 0 aromatic heterocycles. The van der Waals surface area contributed by atoms with Crippen molar-refractivity contribution in [3.63, 3.8) is 0 Å². The van der Waals surface area contributed by atoms with E-state index in [1.165, 1.54) is 4.90 Å². The molecule has 0 unspecified atom stereocenters. The number of carbonyl (C=O) groups excluding carboxylic acids is 2. The van der Waals surface area contributed by atoms with Gasteiger partial charge in [0.2, 0.25) is 21.8 Å².